The highest BCUT2D eigenvalue weighted by Gasteiger charge is 2.30. The third-order valence-electron chi connectivity index (χ3n) is 4.89. The first-order valence-corrected chi connectivity index (χ1v) is 9.04. The van der Waals surface area contributed by atoms with Crippen LogP contribution in [0.4, 0.5) is 10.5 Å². The van der Waals surface area contributed by atoms with E-state index in [9.17, 15) is 9.59 Å². The van der Waals surface area contributed by atoms with Crippen LogP contribution in [-0.4, -0.2) is 61.5 Å². The first-order valence-electron chi connectivity index (χ1n) is 9.04. The van der Waals surface area contributed by atoms with Crippen molar-refractivity contribution in [2.75, 3.05) is 39.0 Å². The molecule has 136 valence electrons. The molecule has 3 amide bonds. The highest BCUT2D eigenvalue weighted by Crippen LogP contribution is 2.30. The van der Waals surface area contributed by atoms with Gasteiger partial charge in [0.05, 0.1) is 11.3 Å². The van der Waals surface area contributed by atoms with Gasteiger partial charge in [0, 0.05) is 39.8 Å². The molecule has 3 rings (SSSR count). The molecule has 0 unspecified atom stereocenters. The van der Waals surface area contributed by atoms with Crippen LogP contribution in [0.25, 0.3) is 0 Å². The minimum atomic E-state index is -0.241. The highest BCUT2D eigenvalue weighted by molar-refractivity contribution is 6.03. The van der Waals surface area contributed by atoms with Crippen LogP contribution in [0.5, 0.6) is 0 Å². The summed E-state index contributed by atoms with van der Waals surface area (Å²) in [4.78, 5) is 28.6. The standard InChI is InChI=1S/C19H28N4O2/c1-13-4-7-17(21-19(25)22(2)3)16(10-13)18(24)20-15-8-9-23(12-15)11-14-5-6-14/h4,7,10,14-15H,5-6,8-9,11-12H2,1-3H3,(H,20,24)(H,21,25)/t15-/m1/s1. The lowest BCUT2D eigenvalue weighted by atomic mass is 10.1. The van der Waals surface area contributed by atoms with Crippen molar-refractivity contribution in [1.29, 1.82) is 0 Å². The van der Waals surface area contributed by atoms with Crippen molar-refractivity contribution in [3.05, 3.63) is 29.3 Å². The molecule has 2 N–H and O–H groups in total. The number of likely N-dealkylation sites (tertiary alicyclic amines) is 1. The molecule has 1 aromatic rings. The molecule has 0 bridgehead atoms. The molecule has 1 saturated carbocycles. The van der Waals surface area contributed by atoms with E-state index < -0.39 is 0 Å². The number of carbonyl (C=O) groups is 2. The Balaban J connectivity index is 1.64. The van der Waals surface area contributed by atoms with Crippen molar-refractivity contribution in [3.8, 4) is 0 Å². The molecule has 1 aromatic carbocycles. The van der Waals surface area contributed by atoms with E-state index in [1.807, 2.05) is 19.1 Å². The predicted octanol–water partition coefficient (Wildman–Crippen LogP) is 2.30. The molecular weight excluding hydrogens is 316 g/mol. The van der Waals surface area contributed by atoms with Crippen LogP contribution in [0.3, 0.4) is 0 Å². The maximum atomic E-state index is 12.8. The molecule has 6 nitrogen and oxygen atoms in total. The van der Waals surface area contributed by atoms with Gasteiger partial charge in [-0.3, -0.25) is 4.79 Å². The number of urea groups is 1. The maximum absolute atomic E-state index is 12.8. The number of rotatable bonds is 5. The van der Waals surface area contributed by atoms with E-state index >= 15 is 0 Å². The summed E-state index contributed by atoms with van der Waals surface area (Å²) in [6.07, 6.45) is 3.70. The van der Waals surface area contributed by atoms with Gasteiger partial charge in [0.1, 0.15) is 0 Å². The van der Waals surface area contributed by atoms with Gasteiger partial charge in [0.2, 0.25) is 0 Å². The normalized spacial score (nSPS) is 20.4. The number of benzene rings is 1. The summed E-state index contributed by atoms with van der Waals surface area (Å²) >= 11 is 0. The summed E-state index contributed by atoms with van der Waals surface area (Å²) in [5.41, 5.74) is 2.07. The summed E-state index contributed by atoms with van der Waals surface area (Å²) in [5, 5.41) is 5.95. The minimum absolute atomic E-state index is 0.115. The fraction of sp³-hybridized carbons (Fsp3) is 0.579. The largest absolute Gasteiger partial charge is 0.348 e. The van der Waals surface area contributed by atoms with Crippen LogP contribution in [-0.2, 0) is 0 Å². The van der Waals surface area contributed by atoms with Crippen molar-refractivity contribution in [3.63, 3.8) is 0 Å². The first kappa shape index (κ1) is 17.7. The molecule has 1 aliphatic heterocycles. The van der Waals surface area contributed by atoms with Crippen molar-refractivity contribution in [1.82, 2.24) is 15.1 Å². The van der Waals surface area contributed by atoms with Crippen LogP contribution in [0.15, 0.2) is 18.2 Å². The molecule has 1 atom stereocenters. The van der Waals surface area contributed by atoms with E-state index in [-0.39, 0.29) is 18.0 Å². The number of amides is 3. The third kappa shape index (κ3) is 4.72. The molecule has 0 radical (unpaired) electrons. The summed E-state index contributed by atoms with van der Waals surface area (Å²) in [6, 6.07) is 5.46. The molecule has 1 aliphatic carbocycles. The van der Waals surface area contributed by atoms with Gasteiger partial charge < -0.3 is 20.4 Å². The van der Waals surface area contributed by atoms with E-state index in [0.29, 0.717) is 11.3 Å². The Kier molecular flexibility index (Phi) is 5.27. The second kappa shape index (κ2) is 7.44. The third-order valence-corrected chi connectivity index (χ3v) is 4.89. The van der Waals surface area contributed by atoms with Gasteiger partial charge in [-0.1, -0.05) is 11.6 Å². The lowest BCUT2D eigenvalue weighted by molar-refractivity contribution is 0.0938. The first-order chi connectivity index (χ1) is 11.9. The number of carbonyl (C=O) groups excluding carboxylic acids is 2. The average molecular weight is 344 g/mol. The van der Waals surface area contributed by atoms with Crippen LogP contribution in [0.1, 0.15) is 35.2 Å². The van der Waals surface area contributed by atoms with Crippen molar-refractivity contribution in [2.45, 2.75) is 32.2 Å². The summed E-state index contributed by atoms with van der Waals surface area (Å²) in [6.45, 7) is 5.09. The lowest BCUT2D eigenvalue weighted by Crippen LogP contribution is -2.38. The molecule has 0 aromatic heterocycles. The van der Waals surface area contributed by atoms with Crippen LogP contribution < -0.4 is 10.6 Å². The average Bonchev–Trinajstić information content (AvgIpc) is 3.27. The molecule has 25 heavy (non-hydrogen) atoms. The number of hydrogen-bond donors (Lipinski definition) is 2. The molecule has 1 heterocycles. The molecule has 2 aliphatic rings. The molecule has 0 spiro atoms. The zero-order valence-corrected chi connectivity index (χ0v) is 15.3. The number of nitrogens with one attached hydrogen (secondary N) is 2. The number of nitrogens with zero attached hydrogens (tertiary/aromatic N) is 2. The predicted molar refractivity (Wildman–Crippen MR) is 98.9 cm³/mol. The summed E-state index contributed by atoms with van der Waals surface area (Å²) in [7, 11) is 3.35. The Morgan fingerprint density at radius 1 is 1.24 bits per heavy atom. The molecule has 2 fully saturated rings. The van der Waals surface area contributed by atoms with E-state index in [4.69, 9.17) is 0 Å². The lowest BCUT2D eigenvalue weighted by Gasteiger charge is -2.18. The van der Waals surface area contributed by atoms with Gasteiger partial charge in [0.15, 0.2) is 0 Å². The fourth-order valence-corrected chi connectivity index (χ4v) is 3.23. The molecule has 6 heteroatoms. The van der Waals surface area contributed by atoms with Crippen molar-refractivity contribution >= 4 is 17.6 Å². The zero-order chi connectivity index (χ0) is 18.0. The van der Waals surface area contributed by atoms with Crippen molar-refractivity contribution in [2.24, 2.45) is 5.92 Å². The minimum Gasteiger partial charge on any atom is -0.348 e. The smallest absolute Gasteiger partial charge is 0.321 e. The van der Waals surface area contributed by atoms with Crippen LogP contribution in [0.2, 0.25) is 0 Å². The number of hydrogen-bond acceptors (Lipinski definition) is 3. The van der Waals surface area contributed by atoms with Crippen LogP contribution >= 0.6 is 0 Å². The number of anilines is 1. The Hall–Kier alpha value is -2.08. The van der Waals surface area contributed by atoms with Gasteiger partial charge in [0.25, 0.3) is 5.91 Å². The Labute approximate surface area is 149 Å². The Morgan fingerprint density at radius 2 is 2.00 bits per heavy atom. The van der Waals surface area contributed by atoms with E-state index in [2.05, 4.69) is 15.5 Å². The zero-order valence-electron chi connectivity index (χ0n) is 15.3. The second-order valence-corrected chi connectivity index (χ2v) is 7.54. The van der Waals surface area contributed by atoms with Gasteiger partial charge in [-0.05, 0) is 44.2 Å². The van der Waals surface area contributed by atoms with Gasteiger partial charge in [-0.2, -0.15) is 0 Å². The quantitative estimate of drug-likeness (QED) is 0.861. The Morgan fingerprint density at radius 3 is 2.68 bits per heavy atom. The fourth-order valence-electron chi connectivity index (χ4n) is 3.23. The SMILES string of the molecule is Cc1ccc(NC(=O)N(C)C)c(C(=O)N[C@@H]2CCN(CC3CC3)C2)c1. The molecular formula is C19H28N4O2. The van der Waals surface area contributed by atoms with Gasteiger partial charge in [-0.25, -0.2) is 4.79 Å². The summed E-state index contributed by atoms with van der Waals surface area (Å²) in [5.74, 6) is 0.759. The highest BCUT2D eigenvalue weighted by atomic mass is 16.2. The Bertz CT molecular complexity index is 655. The number of aryl methyl sites for hydroxylation is 1. The van der Waals surface area contributed by atoms with Gasteiger partial charge >= 0.3 is 6.03 Å². The van der Waals surface area contributed by atoms with Gasteiger partial charge in [-0.15, -0.1) is 0 Å². The summed E-state index contributed by atoms with van der Waals surface area (Å²) < 4.78 is 0. The van der Waals surface area contributed by atoms with Crippen molar-refractivity contribution < 1.29 is 9.59 Å². The monoisotopic (exact) mass is 344 g/mol. The maximum Gasteiger partial charge on any atom is 0.321 e. The topological polar surface area (TPSA) is 64.7 Å². The second-order valence-electron chi connectivity index (χ2n) is 7.54. The molecule has 1 saturated heterocycles. The van der Waals surface area contributed by atoms with Crippen LogP contribution in [0, 0.1) is 12.8 Å². The van der Waals surface area contributed by atoms with E-state index in [1.54, 1.807) is 20.2 Å². The van der Waals surface area contributed by atoms with E-state index in [1.165, 1.54) is 24.3 Å². The van der Waals surface area contributed by atoms with E-state index in [0.717, 1.165) is 31.0 Å².